The minimum atomic E-state index is -1.67. The highest BCUT2D eigenvalue weighted by Gasteiger charge is 2.58. The van der Waals surface area contributed by atoms with E-state index < -0.39 is 121 Å². The van der Waals surface area contributed by atoms with Crippen LogP contribution in [0.2, 0.25) is 0 Å². The van der Waals surface area contributed by atoms with Crippen LogP contribution in [-0.2, 0) is 85.7 Å². The van der Waals surface area contributed by atoms with Crippen LogP contribution >= 0.6 is 11.8 Å². The summed E-state index contributed by atoms with van der Waals surface area (Å²) in [5.74, 6) is -6.68. The maximum absolute atomic E-state index is 12.4. The molecule has 18 nitrogen and oxygen atoms in total. The molecule has 0 aromatic rings. The van der Waals surface area contributed by atoms with Gasteiger partial charge < -0.3 is 47.4 Å². The minimum Gasteiger partial charge on any atom is -0.463 e. The van der Waals surface area contributed by atoms with Crippen molar-refractivity contribution in [2.75, 3.05) is 13.2 Å². The summed E-state index contributed by atoms with van der Waals surface area (Å²) >= 11 is 0.747. The highest BCUT2D eigenvalue weighted by molar-refractivity contribution is 8.00. The van der Waals surface area contributed by atoms with Crippen molar-refractivity contribution >= 4 is 59.5 Å². The molecular weight excluding hydrogens is 656 g/mol. The molecule has 0 bridgehead atoms. The Labute approximate surface area is 273 Å². The molecule has 2 heterocycles. The highest BCUT2D eigenvalue weighted by atomic mass is 32.2. The fourth-order valence-electron chi connectivity index (χ4n) is 4.73. The van der Waals surface area contributed by atoms with Crippen LogP contribution in [0.25, 0.3) is 0 Å². The van der Waals surface area contributed by atoms with Crippen molar-refractivity contribution in [2.45, 2.75) is 115 Å². The van der Waals surface area contributed by atoms with Crippen LogP contribution in [0.3, 0.4) is 0 Å². The van der Waals surface area contributed by atoms with E-state index in [0.717, 1.165) is 67.2 Å². The van der Waals surface area contributed by atoms with Gasteiger partial charge in [-0.15, -0.1) is 11.8 Å². The summed E-state index contributed by atoms with van der Waals surface area (Å²) in [5, 5.41) is -2.65. The van der Waals surface area contributed by atoms with Gasteiger partial charge in [0.05, 0.1) is 10.5 Å². The van der Waals surface area contributed by atoms with E-state index in [2.05, 4.69) is 0 Å². The van der Waals surface area contributed by atoms with Crippen LogP contribution in [0, 0.1) is 0 Å². The van der Waals surface area contributed by atoms with E-state index in [9.17, 15) is 38.4 Å². The number of esters is 8. The molecule has 0 aromatic heterocycles. The van der Waals surface area contributed by atoms with Crippen LogP contribution in [0.4, 0.5) is 0 Å². The Hall–Kier alpha value is -3.97. The molecule has 0 aromatic carbocycles. The van der Waals surface area contributed by atoms with E-state index in [1.807, 2.05) is 0 Å². The van der Waals surface area contributed by atoms with E-state index in [1.165, 1.54) is 0 Å². The number of hydrogen-bond donors (Lipinski definition) is 0. The Morgan fingerprint density at radius 3 is 0.957 bits per heavy atom. The van der Waals surface area contributed by atoms with E-state index in [1.54, 1.807) is 0 Å². The molecule has 264 valence electrons. The van der Waals surface area contributed by atoms with Crippen molar-refractivity contribution in [3.05, 3.63) is 0 Å². The van der Waals surface area contributed by atoms with Gasteiger partial charge in [0.1, 0.15) is 37.6 Å². The molecule has 0 saturated carbocycles. The molecule has 2 rings (SSSR count). The highest BCUT2D eigenvalue weighted by Crippen LogP contribution is 2.43. The second kappa shape index (κ2) is 17.8. The van der Waals surface area contributed by atoms with Gasteiger partial charge in [0.25, 0.3) is 0 Å². The summed E-state index contributed by atoms with van der Waals surface area (Å²) in [6, 6.07) is 0. The molecule has 0 aliphatic carbocycles. The summed E-state index contributed by atoms with van der Waals surface area (Å²) in [6.07, 6.45) is -12.0. The topological polar surface area (TPSA) is 229 Å². The van der Waals surface area contributed by atoms with Gasteiger partial charge in [0.2, 0.25) is 12.6 Å². The zero-order valence-electron chi connectivity index (χ0n) is 26.9. The van der Waals surface area contributed by atoms with Gasteiger partial charge in [-0.05, 0) is 0 Å². The molecule has 0 spiro atoms. The number of ether oxygens (including phenoxy) is 10. The fourth-order valence-corrected chi connectivity index (χ4v) is 6.55. The monoisotopic (exact) mass is 694 g/mol. The lowest BCUT2D eigenvalue weighted by molar-refractivity contribution is -0.270. The first-order valence-corrected chi connectivity index (χ1v) is 15.1. The molecule has 0 N–H and O–H groups in total. The van der Waals surface area contributed by atoms with Gasteiger partial charge >= 0.3 is 47.8 Å². The van der Waals surface area contributed by atoms with E-state index >= 15 is 0 Å². The normalized spacial score (nSPS) is 30.0. The van der Waals surface area contributed by atoms with Crippen molar-refractivity contribution in [3.8, 4) is 0 Å². The molecule has 2 aliphatic rings. The van der Waals surface area contributed by atoms with Crippen LogP contribution in [-0.4, -0.2) is 121 Å². The number of carbonyl (C=O) groups is 8. The summed E-state index contributed by atoms with van der Waals surface area (Å²) in [5.41, 5.74) is 0. The third kappa shape index (κ3) is 12.3. The molecule has 2 aliphatic heterocycles. The van der Waals surface area contributed by atoms with Gasteiger partial charge in [-0.25, -0.2) is 0 Å². The molecule has 0 amide bonds. The van der Waals surface area contributed by atoms with Gasteiger partial charge in [-0.2, -0.15) is 0 Å². The molecule has 2 saturated heterocycles. The third-order valence-corrected chi connectivity index (χ3v) is 7.87. The predicted octanol–water partition coefficient (Wildman–Crippen LogP) is -0.114. The molecule has 10 atom stereocenters. The maximum Gasteiger partial charge on any atom is 0.305 e. The molecule has 2 fully saturated rings. The summed E-state index contributed by atoms with van der Waals surface area (Å²) in [7, 11) is 0. The lowest BCUT2D eigenvalue weighted by Gasteiger charge is -2.48. The molecule has 47 heavy (non-hydrogen) atoms. The van der Waals surface area contributed by atoms with E-state index in [-0.39, 0.29) is 0 Å². The van der Waals surface area contributed by atoms with E-state index in [0.29, 0.717) is 0 Å². The number of rotatable bonds is 12. The molecular formula is C28H38O18S. The Balaban J connectivity index is 2.82. The lowest BCUT2D eigenvalue weighted by Crippen LogP contribution is -2.65. The first-order valence-electron chi connectivity index (χ1n) is 14.2. The summed E-state index contributed by atoms with van der Waals surface area (Å²) < 4.78 is 54.6. The van der Waals surface area contributed by atoms with Gasteiger partial charge in [-0.1, -0.05) is 0 Å². The summed E-state index contributed by atoms with van der Waals surface area (Å²) in [6.45, 7) is 7.45. The number of carbonyl (C=O) groups excluding carboxylic acids is 8. The first kappa shape index (κ1) is 39.2. The van der Waals surface area contributed by atoms with Crippen LogP contribution in [0.15, 0.2) is 0 Å². The second-order valence-electron chi connectivity index (χ2n) is 10.3. The SMILES string of the molecule is CC(=O)OC[C@H]1OC(OC(C)=O)[C@H](OC(C)=O)[C@@H](S[C@H]2[C@H](OC(C)=O)[C@@H](COC(C)=O)OC(OC(C)=O)[C@@H]2OC(C)=O)[C@@H]1OC(C)=O. The zero-order chi connectivity index (χ0) is 35.6. The van der Waals surface area contributed by atoms with Crippen molar-refractivity contribution in [3.63, 3.8) is 0 Å². The number of hydrogen-bond acceptors (Lipinski definition) is 19. The average molecular weight is 695 g/mol. The predicted molar refractivity (Wildman–Crippen MR) is 152 cm³/mol. The van der Waals surface area contributed by atoms with Crippen molar-refractivity contribution < 1.29 is 85.7 Å². The maximum atomic E-state index is 12.4. The second-order valence-corrected chi connectivity index (χ2v) is 11.6. The molecule has 19 heteroatoms. The van der Waals surface area contributed by atoms with Crippen molar-refractivity contribution in [1.82, 2.24) is 0 Å². The first-order chi connectivity index (χ1) is 21.9. The fraction of sp³-hybridized carbons (Fsp3) is 0.714. The van der Waals surface area contributed by atoms with Gasteiger partial charge in [0.15, 0.2) is 12.2 Å². The Kier molecular flexibility index (Phi) is 14.9. The third-order valence-electron chi connectivity index (χ3n) is 6.17. The summed E-state index contributed by atoms with van der Waals surface area (Å²) in [4.78, 5) is 97.0. The van der Waals surface area contributed by atoms with Gasteiger partial charge in [-0.3, -0.25) is 38.4 Å². The van der Waals surface area contributed by atoms with Crippen LogP contribution in [0.1, 0.15) is 55.4 Å². The largest absolute Gasteiger partial charge is 0.463 e. The van der Waals surface area contributed by atoms with Crippen molar-refractivity contribution in [2.24, 2.45) is 0 Å². The Morgan fingerprint density at radius 2 is 0.702 bits per heavy atom. The number of thioether (sulfide) groups is 1. The quantitative estimate of drug-likeness (QED) is 0.192. The molecule has 2 unspecified atom stereocenters. The standard InChI is InChI=1S/C28H38O18S/c1-11(29)37-9-19-21(39-13(3)31)25(23(41-15(5)33)27(45-19)43-17(7)35)47-26-22(40-14(4)32)20(10-38-12(2)30)46-28(44-18(8)36)24(26)42-16(6)34/h19-28H,9-10H2,1-8H3/t19-,20-,21-,22-,23-,24-,25+,26+,27?,28?/m1/s1. The zero-order valence-corrected chi connectivity index (χ0v) is 27.8. The minimum absolute atomic E-state index is 0.533. The van der Waals surface area contributed by atoms with Crippen LogP contribution < -0.4 is 0 Å². The van der Waals surface area contributed by atoms with Crippen LogP contribution in [0.5, 0.6) is 0 Å². The molecule has 0 radical (unpaired) electrons. The Bertz CT molecular complexity index is 1110. The van der Waals surface area contributed by atoms with Crippen molar-refractivity contribution in [1.29, 1.82) is 0 Å². The smallest absolute Gasteiger partial charge is 0.305 e. The van der Waals surface area contributed by atoms with Gasteiger partial charge in [0, 0.05) is 55.4 Å². The lowest BCUT2D eigenvalue weighted by atomic mass is 10.0. The Morgan fingerprint density at radius 1 is 0.426 bits per heavy atom. The van der Waals surface area contributed by atoms with E-state index in [4.69, 9.17) is 47.4 Å². The average Bonchev–Trinajstić information content (AvgIpc) is 2.91.